The predicted molar refractivity (Wildman–Crippen MR) is 72.4 cm³/mol. The second kappa shape index (κ2) is 7.77. The van der Waals surface area contributed by atoms with E-state index in [9.17, 15) is 9.59 Å². The fourth-order valence-electron chi connectivity index (χ4n) is 2.14. The van der Waals surface area contributed by atoms with E-state index in [-0.39, 0.29) is 11.9 Å². The Labute approximate surface area is 114 Å². The van der Waals surface area contributed by atoms with E-state index in [4.69, 9.17) is 9.47 Å². The third-order valence-electron chi connectivity index (χ3n) is 3.39. The van der Waals surface area contributed by atoms with Gasteiger partial charge in [-0.15, -0.1) is 0 Å². The lowest BCUT2D eigenvalue weighted by molar-refractivity contribution is -0.142. The van der Waals surface area contributed by atoms with Crippen LogP contribution < -0.4 is 0 Å². The smallest absolute Gasteiger partial charge is 0.333 e. The molecule has 0 aliphatic heterocycles. The second-order valence-electron chi connectivity index (χ2n) is 5.10. The van der Waals surface area contributed by atoms with Crippen molar-refractivity contribution in [3.05, 3.63) is 24.8 Å². The monoisotopic (exact) mass is 266 g/mol. The Hall–Kier alpha value is -1.58. The van der Waals surface area contributed by atoms with Crippen LogP contribution in [0.15, 0.2) is 24.8 Å². The number of rotatable bonds is 6. The van der Waals surface area contributed by atoms with E-state index < -0.39 is 0 Å². The molecule has 1 aliphatic carbocycles. The molecule has 0 amide bonds. The highest BCUT2D eigenvalue weighted by molar-refractivity contribution is 5.86. The first-order valence-electron chi connectivity index (χ1n) is 6.64. The summed E-state index contributed by atoms with van der Waals surface area (Å²) in [5, 5.41) is 0. The summed E-state index contributed by atoms with van der Waals surface area (Å²) in [6.07, 6.45) is 5.18. The van der Waals surface area contributed by atoms with Gasteiger partial charge in [-0.1, -0.05) is 13.2 Å². The first kappa shape index (κ1) is 15.5. The molecule has 0 atom stereocenters. The van der Waals surface area contributed by atoms with Crippen LogP contribution in [-0.2, 0) is 19.1 Å². The van der Waals surface area contributed by atoms with Crippen LogP contribution in [-0.4, -0.2) is 25.2 Å². The Morgan fingerprint density at radius 1 is 1.11 bits per heavy atom. The Morgan fingerprint density at radius 3 is 2.00 bits per heavy atom. The summed E-state index contributed by atoms with van der Waals surface area (Å²) in [5.41, 5.74) is 0.435. The van der Waals surface area contributed by atoms with Crippen molar-refractivity contribution in [1.29, 1.82) is 0 Å². The van der Waals surface area contributed by atoms with Crippen LogP contribution in [0.4, 0.5) is 0 Å². The van der Waals surface area contributed by atoms with Gasteiger partial charge in [0.05, 0.1) is 13.2 Å². The van der Waals surface area contributed by atoms with E-state index in [2.05, 4.69) is 13.2 Å². The molecule has 19 heavy (non-hydrogen) atoms. The van der Waals surface area contributed by atoms with Gasteiger partial charge in [0.1, 0.15) is 0 Å². The average molecular weight is 266 g/mol. The Morgan fingerprint density at radius 2 is 1.58 bits per heavy atom. The molecule has 1 aliphatic rings. The van der Waals surface area contributed by atoms with Crippen LogP contribution in [0.2, 0.25) is 0 Å². The minimum atomic E-state index is -0.363. The van der Waals surface area contributed by atoms with E-state index in [0.717, 1.165) is 25.7 Å². The predicted octanol–water partition coefficient (Wildman–Crippen LogP) is 2.64. The summed E-state index contributed by atoms with van der Waals surface area (Å²) in [6.45, 7) is 9.48. The summed E-state index contributed by atoms with van der Waals surface area (Å²) >= 11 is 0. The van der Waals surface area contributed by atoms with E-state index in [1.54, 1.807) is 6.92 Å². The highest BCUT2D eigenvalue weighted by atomic mass is 16.5. The first-order chi connectivity index (χ1) is 9.02. The molecule has 1 rings (SSSR count). The lowest BCUT2D eigenvalue weighted by Crippen LogP contribution is -2.23. The molecule has 4 nitrogen and oxygen atoms in total. The molecule has 0 heterocycles. The van der Waals surface area contributed by atoms with Crippen molar-refractivity contribution in [3.63, 3.8) is 0 Å². The zero-order valence-corrected chi connectivity index (χ0v) is 11.5. The molecule has 4 heteroatoms. The molecule has 0 saturated heterocycles. The van der Waals surface area contributed by atoms with Crippen LogP contribution in [0.25, 0.3) is 0 Å². The van der Waals surface area contributed by atoms with Crippen molar-refractivity contribution in [1.82, 2.24) is 0 Å². The molecule has 0 radical (unpaired) electrons. The van der Waals surface area contributed by atoms with Crippen molar-refractivity contribution in [3.8, 4) is 0 Å². The summed E-state index contributed by atoms with van der Waals surface area (Å²) in [4.78, 5) is 22.2. The molecule has 0 bridgehead atoms. The van der Waals surface area contributed by atoms with Crippen molar-refractivity contribution >= 4 is 11.9 Å². The third-order valence-corrected chi connectivity index (χ3v) is 3.39. The van der Waals surface area contributed by atoms with Crippen molar-refractivity contribution in [2.24, 2.45) is 11.8 Å². The topological polar surface area (TPSA) is 52.6 Å². The van der Waals surface area contributed by atoms with Crippen LogP contribution in [0, 0.1) is 11.8 Å². The van der Waals surface area contributed by atoms with Crippen molar-refractivity contribution in [2.45, 2.75) is 32.6 Å². The molecule has 0 aromatic heterocycles. The van der Waals surface area contributed by atoms with Crippen LogP contribution >= 0.6 is 0 Å². The number of hydrogen-bond acceptors (Lipinski definition) is 4. The van der Waals surface area contributed by atoms with Crippen molar-refractivity contribution < 1.29 is 19.1 Å². The highest BCUT2D eigenvalue weighted by Crippen LogP contribution is 2.29. The Bertz CT molecular complexity index is 351. The van der Waals surface area contributed by atoms with E-state index >= 15 is 0 Å². The molecule has 0 aromatic rings. The van der Waals surface area contributed by atoms with Gasteiger partial charge < -0.3 is 9.47 Å². The standard InChI is InChI=1S/C15H22O4/c1-4-14(16)18-9-12-5-7-13(8-6-12)10-19-15(17)11(2)3/h4,12-13H,1-2,5-10H2,3H3. The maximum Gasteiger partial charge on any atom is 0.333 e. The van der Waals surface area contributed by atoms with Gasteiger partial charge in [-0.3, -0.25) is 0 Å². The number of ether oxygens (including phenoxy) is 2. The summed E-state index contributed by atoms with van der Waals surface area (Å²) in [6, 6.07) is 0. The molecule has 0 N–H and O–H groups in total. The maximum absolute atomic E-state index is 11.3. The second-order valence-corrected chi connectivity index (χ2v) is 5.10. The number of carbonyl (C=O) groups is 2. The lowest BCUT2D eigenvalue weighted by atomic mass is 9.83. The van der Waals surface area contributed by atoms with Crippen LogP contribution in [0.3, 0.4) is 0 Å². The first-order valence-corrected chi connectivity index (χ1v) is 6.64. The van der Waals surface area contributed by atoms with Crippen LogP contribution in [0.5, 0.6) is 0 Å². The number of carbonyl (C=O) groups excluding carboxylic acids is 2. The molecular formula is C15H22O4. The van der Waals surface area contributed by atoms with Gasteiger partial charge in [-0.05, 0) is 44.4 Å². The average Bonchev–Trinajstić information content (AvgIpc) is 2.42. The van der Waals surface area contributed by atoms with Gasteiger partial charge in [0.15, 0.2) is 0 Å². The molecular weight excluding hydrogens is 244 g/mol. The fraction of sp³-hybridized carbons (Fsp3) is 0.600. The highest BCUT2D eigenvalue weighted by Gasteiger charge is 2.23. The fourth-order valence-corrected chi connectivity index (χ4v) is 2.14. The van der Waals surface area contributed by atoms with E-state index in [1.807, 2.05) is 0 Å². The summed E-state index contributed by atoms with van der Waals surface area (Å²) < 4.78 is 10.2. The molecule has 0 spiro atoms. The molecule has 0 unspecified atom stereocenters. The van der Waals surface area contributed by atoms with E-state index in [1.165, 1.54) is 6.08 Å². The maximum atomic E-state index is 11.3. The quantitative estimate of drug-likeness (QED) is 0.548. The van der Waals surface area contributed by atoms with Gasteiger partial charge in [-0.2, -0.15) is 0 Å². The van der Waals surface area contributed by atoms with Crippen molar-refractivity contribution in [2.75, 3.05) is 13.2 Å². The third kappa shape index (κ3) is 5.73. The number of hydrogen-bond donors (Lipinski definition) is 0. The largest absolute Gasteiger partial charge is 0.462 e. The lowest BCUT2D eigenvalue weighted by Gasteiger charge is -2.27. The molecule has 1 fully saturated rings. The van der Waals surface area contributed by atoms with Crippen LogP contribution in [0.1, 0.15) is 32.6 Å². The van der Waals surface area contributed by atoms with Gasteiger partial charge in [-0.25, -0.2) is 9.59 Å². The Kier molecular flexibility index (Phi) is 6.33. The van der Waals surface area contributed by atoms with Gasteiger partial charge in [0, 0.05) is 11.6 Å². The summed E-state index contributed by atoms with van der Waals surface area (Å²) in [5.74, 6) is 0.145. The normalized spacial score (nSPS) is 22.4. The SMILES string of the molecule is C=CC(=O)OCC1CCC(COC(=O)C(=C)C)CC1. The summed E-state index contributed by atoms with van der Waals surface area (Å²) in [7, 11) is 0. The minimum absolute atomic E-state index is 0.318. The zero-order valence-electron chi connectivity index (χ0n) is 11.5. The van der Waals surface area contributed by atoms with Gasteiger partial charge in [0.2, 0.25) is 0 Å². The van der Waals surface area contributed by atoms with Gasteiger partial charge >= 0.3 is 11.9 Å². The zero-order chi connectivity index (χ0) is 14.3. The molecule has 106 valence electrons. The molecule has 0 aromatic carbocycles. The van der Waals surface area contributed by atoms with E-state index in [0.29, 0.717) is 30.6 Å². The minimum Gasteiger partial charge on any atom is -0.462 e. The number of esters is 2. The van der Waals surface area contributed by atoms with Gasteiger partial charge in [0.25, 0.3) is 0 Å². The molecule has 1 saturated carbocycles. The Balaban J connectivity index is 2.18.